The molecule has 0 saturated carbocycles. The third-order valence-corrected chi connectivity index (χ3v) is 7.06. The number of hydrogen-bond acceptors (Lipinski definition) is 9. The Bertz CT molecular complexity index is 1320. The van der Waals surface area contributed by atoms with Crippen LogP contribution in [0.4, 0.5) is 16.3 Å². The van der Waals surface area contributed by atoms with Crippen LogP contribution in [0.1, 0.15) is 46.6 Å². The second-order valence-corrected chi connectivity index (χ2v) is 11.5. The number of carbonyl (C=O) groups excluding carboxylic acids is 1. The second kappa shape index (κ2) is 10.3. The van der Waals surface area contributed by atoms with Gasteiger partial charge in [-0.15, -0.1) is 0 Å². The van der Waals surface area contributed by atoms with Crippen LogP contribution in [0.3, 0.4) is 0 Å². The van der Waals surface area contributed by atoms with Gasteiger partial charge in [-0.3, -0.25) is 4.57 Å². The van der Waals surface area contributed by atoms with Crippen molar-refractivity contribution in [2.24, 2.45) is 0 Å². The van der Waals surface area contributed by atoms with E-state index in [1.54, 1.807) is 6.33 Å². The van der Waals surface area contributed by atoms with Crippen LogP contribution in [0, 0.1) is 0 Å². The van der Waals surface area contributed by atoms with Crippen molar-refractivity contribution in [2.45, 2.75) is 70.2 Å². The van der Waals surface area contributed by atoms with E-state index in [1.807, 2.05) is 42.7 Å². The summed E-state index contributed by atoms with van der Waals surface area (Å²) in [4.78, 5) is 25.1. The largest absolute Gasteiger partial charge is 0.382 e. The summed E-state index contributed by atoms with van der Waals surface area (Å²) in [6, 6.07) is 7.70. The normalized spacial score (nSPS) is 24.1. The van der Waals surface area contributed by atoms with Crippen LogP contribution in [0.5, 0.6) is 0 Å². The van der Waals surface area contributed by atoms with E-state index < -0.39 is 11.5 Å². The van der Waals surface area contributed by atoms with E-state index >= 15 is 0 Å². The summed E-state index contributed by atoms with van der Waals surface area (Å²) >= 11 is 0. The van der Waals surface area contributed by atoms with Crippen molar-refractivity contribution < 1.29 is 19.0 Å². The molecular formula is C27H38N8O4. The smallest absolute Gasteiger partial charge is 0.319 e. The Kier molecular flexibility index (Phi) is 7.23. The zero-order valence-corrected chi connectivity index (χ0v) is 23.2. The number of benzene rings is 1. The molecule has 2 fully saturated rings. The molecule has 210 valence electrons. The number of fused-ring (bicyclic) bond motifs is 2. The molecule has 0 spiro atoms. The first-order chi connectivity index (χ1) is 18.5. The van der Waals surface area contributed by atoms with Gasteiger partial charge in [0, 0.05) is 18.8 Å². The first-order valence-corrected chi connectivity index (χ1v) is 13.3. The van der Waals surface area contributed by atoms with Crippen LogP contribution in [0.25, 0.3) is 11.2 Å². The van der Waals surface area contributed by atoms with Crippen LogP contribution < -0.4 is 21.7 Å². The zero-order chi connectivity index (χ0) is 27.8. The molecule has 2 aliphatic rings. The van der Waals surface area contributed by atoms with Crippen molar-refractivity contribution in [3.05, 3.63) is 42.5 Å². The molecule has 39 heavy (non-hydrogen) atoms. The number of rotatable bonds is 8. The molecular weight excluding hydrogens is 500 g/mol. The predicted molar refractivity (Wildman–Crippen MR) is 147 cm³/mol. The van der Waals surface area contributed by atoms with E-state index in [9.17, 15) is 4.79 Å². The maximum absolute atomic E-state index is 12.3. The van der Waals surface area contributed by atoms with Gasteiger partial charge in [0.15, 0.2) is 17.3 Å². The van der Waals surface area contributed by atoms with Gasteiger partial charge in [-0.05, 0) is 49.9 Å². The van der Waals surface area contributed by atoms with Gasteiger partial charge >= 0.3 is 6.03 Å². The molecule has 1 aromatic carbocycles. The summed E-state index contributed by atoms with van der Waals surface area (Å²) in [7, 11) is 0. The number of nitrogens with zero attached hydrogens (tertiary/aromatic N) is 4. The summed E-state index contributed by atoms with van der Waals surface area (Å²) in [5.41, 5.74) is 8.22. The molecule has 2 saturated heterocycles. The number of imidazole rings is 1. The third-order valence-electron chi connectivity index (χ3n) is 7.06. The van der Waals surface area contributed by atoms with Crippen molar-refractivity contribution in [1.29, 1.82) is 0 Å². The molecule has 2 amide bonds. The van der Waals surface area contributed by atoms with Gasteiger partial charge in [0.2, 0.25) is 5.72 Å². The third kappa shape index (κ3) is 5.55. The minimum Gasteiger partial charge on any atom is -0.382 e. The van der Waals surface area contributed by atoms with Crippen LogP contribution in [-0.2, 0) is 25.4 Å². The Labute approximate surface area is 228 Å². The van der Waals surface area contributed by atoms with E-state index in [4.69, 9.17) is 19.9 Å². The van der Waals surface area contributed by atoms with Crippen LogP contribution in [0.2, 0.25) is 0 Å². The molecule has 5 rings (SSSR count). The SMILES string of the molecule is CC1(C)O[C@@H]2[C@@H](CNCCCNC(=O)Nc3ccc(C(C)(C)C)cc3)OC[C@@]2(n2cnc3c(N)ncnc32)O1. The maximum Gasteiger partial charge on any atom is 0.319 e. The van der Waals surface area contributed by atoms with Crippen LogP contribution in [-0.4, -0.2) is 69.8 Å². The van der Waals surface area contributed by atoms with Crippen LogP contribution >= 0.6 is 0 Å². The van der Waals surface area contributed by atoms with E-state index in [0.717, 1.165) is 12.1 Å². The number of nitrogen functional groups attached to an aromatic ring is 1. The van der Waals surface area contributed by atoms with Gasteiger partial charge in [-0.2, -0.15) is 0 Å². The van der Waals surface area contributed by atoms with Crippen molar-refractivity contribution in [3.63, 3.8) is 0 Å². The van der Waals surface area contributed by atoms with Gasteiger partial charge < -0.3 is 35.9 Å². The van der Waals surface area contributed by atoms with Crippen molar-refractivity contribution in [3.8, 4) is 0 Å². The summed E-state index contributed by atoms with van der Waals surface area (Å²) in [6.45, 7) is 12.3. The van der Waals surface area contributed by atoms with E-state index in [0.29, 0.717) is 36.6 Å². The van der Waals surface area contributed by atoms with E-state index in [-0.39, 0.29) is 30.3 Å². The molecule has 0 aliphatic carbocycles. The number of ether oxygens (including phenoxy) is 3. The molecule has 2 aliphatic heterocycles. The lowest BCUT2D eigenvalue weighted by Gasteiger charge is -2.28. The highest BCUT2D eigenvalue weighted by molar-refractivity contribution is 5.89. The summed E-state index contributed by atoms with van der Waals surface area (Å²) < 4.78 is 20.7. The van der Waals surface area contributed by atoms with Crippen molar-refractivity contribution in [1.82, 2.24) is 30.2 Å². The average Bonchev–Trinajstić information content (AvgIpc) is 3.52. The first-order valence-electron chi connectivity index (χ1n) is 13.3. The standard InChI is InChI=1S/C27H38N8O4/c1-25(2,3)17-7-9-18(10-8-17)34-24(36)30-12-6-11-29-13-19-21-27(14-37-19,39-26(4,5)38-21)35-16-33-20-22(28)31-15-32-23(20)35/h7-10,15-16,19,21,29H,6,11-14H2,1-5H3,(H2,28,31,32)(H2,30,34,36)/t19-,21-,27-/m1/s1. The summed E-state index contributed by atoms with van der Waals surface area (Å²) in [6.07, 6.45) is 3.18. The zero-order valence-electron chi connectivity index (χ0n) is 23.2. The molecule has 5 N–H and O–H groups in total. The average molecular weight is 539 g/mol. The molecule has 0 unspecified atom stereocenters. The summed E-state index contributed by atoms with van der Waals surface area (Å²) in [5, 5.41) is 9.19. The van der Waals surface area contributed by atoms with Gasteiger partial charge in [0.05, 0.1) is 12.9 Å². The minimum absolute atomic E-state index is 0.0727. The molecule has 2 aromatic heterocycles. The Morgan fingerprint density at radius 3 is 2.67 bits per heavy atom. The highest BCUT2D eigenvalue weighted by Gasteiger charge is 2.62. The number of aromatic nitrogens is 4. The van der Waals surface area contributed by atoms with Gasteiger partial charge in [0.25, 0.3) is 0 Å². The van der Waals surface area contributed by atoms with Gasteiger partial charge in [0.1, 0.15) is 24.1 Å². The lowest BCUT2D eigenvalue weighted by Crippen LogP contribution is -2.46. The van der Waals surface area contributed by atoms with Crippen molar-refractivity contribution >= 4 is 28.7 Å². The highest BCUT2D eigenvalue weighted by atomic mass is 16.8. The maximum atomic E-state index is 12.3. The molecule has 3 aromatic rings. The lowest BCUT2D eigenvalue weighted by molar-refractivity contribution is -0.204. The monoisotopic (exact) mass is 538 g/mol. The molecule has 12 nitrogen and oxygen atoms in total. The fourth-order valence-corrected chi connectivity index (χ4v) is 5.14. The second-order valence-electron chi connectivity index (χ2n) is 11.5. The number of amides is 2. The van der Waals surface area contributed by atoms with Gasteiger partial charge in [-0.1, -0.05) is 32.9 Å². The minimum atomic E-state index is -0.921. The highest BCUT2D eigenvalue weighted by Crippen LogP contribution is 2.47. The number of nitrogens with two attached hydrogens (primary N) is 1. The Hall–Kier alpha value is -3.32. The van der Waals surface area contributed by atoms with E-state index in [1.165, 1.54) is 11.9 Å². The van der Waals surface area contributed by atoms with E-state index in [2.05, 4.69) is 51.7 Å². The molecule has 3 atom stereocenters. The number of nitrogens with one attached hydrogen (secondary N) is 3. The van der Waals surface area contributed by atoms with Crippen molar-refractivity contribution in [2.75, 3.05) is 37.3 Å². The Morgan fingerprint density at radius 1 is 1.15 bits per heavy atom. The lowest BCUT2D eigenvalue weighted by atomic mass is 9.87. The molecule has 12 heteroatoms. The molecule has 4 heterocycles. The quantitative estimate of drug-likeness (QED) is 0.317. The summed E-state index contributed by atoms with van der Waals surface area (Å²) in [5.74, 6) is -0.505. The first kappa shape index (κ1) is 27.3. The fourth-order valence-electron chi connectivity index (χ4n) is 5.14. The Morgan fingerprint density at radius 2 is 1.92 bits per heavy atom. The molecule has 0 bridgehead atoms. The fraction of sp³-hybridized carbons (Fsp3) is 0.556. The number of urea groups is 1. The molecule has 0 radical (unpaired) electrons. The van der Waals surface area contributed by atoms with Gasteiger partial charge in [-0.25, -0.2) is 19.7 Å². The topological polar surface area (TPSA) is 150 Å². The van der Waals surface area contributed by atoms with Crippen LogP contribution in [0.15, 0.2) is 36.9 Å². The number of hydrogen-bond donors (Lipinski definition) is 4. The number of carbonyl (C=O) groups is 1. The predicted octanol–water partition coefficient (Wildman–Crippen LogP) is 2.71. The number of anilines is 2. The Balaban J connectivity index is 1.10.